The summed E-state index contributed by atoms with van der Waals surface area (Å²) in [4.78, 5) is 0. The molecule has 1 unspecified atom stereocenters. The number of rotatable bonds is 5. The first-order valence-electron chi connectivity index (χ1n) is 3.39. The number of hydrogen-bond donors (Lipinski definition) is 1. The Morgan fingerprint density at radius 1 is 1.36 bits per heavy atom. The summed E-state index contributed by atoms with van der Waals surface area (Å²) < 4.78 is 7.61. The molecule has 0 aromatic carbocycles. The van der Waals surface area contributed by atoms with Crippen molar-refractivity contribution in [2.75, 3.05) is 4.62 Å². The van der Waals surface area contributed by atoms with E-state index in [1.807, 2.05) is 6.92 Å². The quantitative estimate of drug-likeness (QED) is 0.287. The van der Waals surface area contributed by atoms with Crippen LogP contribution in [-0.2, 0) is 4.74 Å². The largest absolute Gasteiger partial charge is 1.00 e. The van der Waals surface area contributed by atoms with Gasteiger partial charge in [-0.2, -0.15) is 0 Å². The first-order chi connectivity index (χ1) is 4.31. The van der Waals surface area contributed by atoms with Gasteiger partial charge in [0, 0.05) is 0 Å². The topological polar surface area (TPSA) is 35.2 Å². The van der Waals surface area contributed by atoms with Crippen LogP contribution in [0.15, 0.2) is 0 Å². The van der Waals surface area contributed by atoms with Gasteiger partial charge in [0.25, 0.3) is 0 Å². The number of nitrogens with two attached hydrogens (primary N) is 1. The third-order valence-electron chi connectivity index (χ3n) is 1.05. The van der Waals surface area contributed by atoms with Gasteiger partial charge in [-0.05, 0) is 0 Å². The molecule has 1 atom stereocenters. The van der Waals surface area contributed by atoms with Crippen molar-refractivity contribution in [1.82, 2.24) is 0 Å². The van der Waals surface area contributed by atoms with Crippen LogP contribution in [0.3, 0.4) is 0 Å². The molecule has 0 aromatic heterocycles. The third kappa shape index (κ3) is 14.5. The standard InChI is InChI=1S/C4H10NO.C2H5.2BrH.Sn/c1-3-4(5)6-2;1-2;;;/h4H,2-3,5H2,1H3;1H2,2H3;2*1H;/q;;;;+2/p-2. The summed E-state index contributed by atoms with van der Waals surface area (Å²) in [7, 11) is 0. The van der Waals surface area contributed by atoms with Crippen molar-refractivity contribution in [3.8, 4) is 0 Å². The Morgan fingerprint density at radius 2 is 1.91 bits per heavy atom. The molecule has 0 aliphatic heterocycles. The maximum atomic E-state index is 5.52. The van der Waals surface area contributed by atoms with Crippen LogP contribution in [0.1, 0.15) is 20.3 Å². The summed E-state index contributed by atoms with van der Waals surface area (Å²) in [5, 5.41) is 0. The first kappa shape index (κ1) is 18.5. The van der Waals surface area contributed by atoms with Gasteiger partial charge >= 0.3 is 67.2 Å². The second kappa shape index (κ2) is 14.2. The first-order valence-corrected chi connectivity index (χ1v) is 7.42. The van der Waals surface area contributed by atoms with Crippen LogP contribution in [0, 0.1) is 0 Å². The molecule has 0 fully saturated rings. The molecule has 0 aromatic rings. The van der Waals surface area contributed by atoms with E-state index in [0.29, 0.717) is 0 Å². The Morgan fingerprint density at radius 3 is 2.27 bits per heavy atom. The van der Waals surface area contributed by atoms with Crippen molar-refractivity contribution in [1.29, 1.82) is 0 Å². The molecule has 0 radical (unpaired) electrons. The fraction of sp³-hybridized carbons (Fsp3) is 1.00. The molecule has 0 rings (SSSR count). The molecule has 0 aliphatic carbocycles. The fourth-order valence-corrected chi connectivity index (χ4v) is 1.92. The summed E-state index contributed by atoms with van der Waals surface area (Å²) in [6.45, 7) is 4.26. The molecule has 0 bridgehead atoms. The van der Waals surface area contributed by atoms with E-state index in [9.17, 15) is 0 Å². The molecular formula is C6H15Br2NOSn. The van der Waals surface area contributed by atoms with Gasteiger partial charge in [-0.3, -0.25) is 0 Å². The van der Waals surface area contributed by atoms with Crippen molar-refractivity contribution in [2.24, 2.45) is 5.73 Å². The Bertz CT molecular complexity index is 68.5. The van der Waals surface area contributed by atoms with Crippen LogP contribution < -0.4 is 39.7 Å². The second-order valence-electron chi connectivity index (χ2n) is 1.86. The molecule has 5 heteroatoms. The minimum atomic E-state index is -0.168. The minimum Gasteiger partial charge on any atom is -1.00 e. The van der Waals surface area contributed by atoms with Crippen molar-refractivity contribution >= 4 is 21.1 Å². The van der Waals surface area contributed by atoms with E-state index in [1.165, 1.54) is 4.44 Å². The molecule has 2 nitrogen and oxygen atoms in total. The predicted octanol–water partition coefficient (Wildman–Crippen LogP) is -5.19. The number of ether oxygens (including phenoxy) is 1. The van der Waals surface area contributed by atoms with E-state index in [4.69, 9.17) is 10.5 Å². The Labute approximate surface area is 100 Å². The normalized spacial score (nSPS) is 10.5. The van der Waals surface area contributed by atoms with Gasteiger partial charge in [-0.15, -0.1) is 0 Å². The third-order valence-corrected chi connectivity index (χ3v) is 3.54. The molecule has 0 saturated heterocycles. The number of hydrogen-bond acceptors (Lipinski definition) is 2. The molecule has 0 amide bonds. The molecule has 68 valence electrons. The molecule has 0 spiro atoms. The van der Waals surface area contributed by atoms with Crippen LogP contribution in [-0.4, -0.2) is 32.0 Å². The van der Waals surface area contributed by atoms with Crippen molar-refractivity contribution in [2.45, 2.75) is 30.9 Å². The SMILES string of the molecule is C[CH2][Sn+2][CH2]OC(N)CC.[Br-].[Br-]. The second-order valence-corrected chi connectivity index (χ2v) is 6.13. The van der Waals surface area contributed by atoms with E-state index in [-0.39, 0.29) is 61.3 Å². The van der Waals surface area contributed by atoms with Crippen LogP contribution in [0.25, 0.3) is 0 Å². The van der Waals surface area contributed by atoms with Crippen LogP contribution in [0.5, 0.6) is 0 Å². The fourth-order valence-electron chi connectivity index (χ4n) is 0.386. The van der Waals surface area contributed by atoms with Gasteiger partial charge in [-0.1, -0.05) is 0 Å². The Balaban J connectivity index is -0.000000320. The molecular weight excluding hydrogens is 381 g/mol. The Kier molecular flexibility index (Phi) is 23.9. The predicted molar refractivity (Wildman–Crippen MR) is 40.5 cm³/mol. The molecule has 0 saturated carbocycles. The maximum absolute atomic E-state index is 5.52. The molecule has 11 heavy (non-hydrogen) atoms. The molecule has 0 aliphatic rings. The zero-order valence-corrected chi connectivity index (χ0v) is 13.0. The maximum Gasteiger partial charge on any atom is -1.00 e. The average molecular weight is 396 g/mol. The summed E-state index contributed by atoms with van der Waals surface area (Å²) >= 11 is -0.168. The van der Waals surface area contributed by atoms with Gasteiger partial charge in [-0.25, -0.2) is 0 Å². The Hall–Kier alpha value is 1.68. The van der Waals surface area contributed by atoms with Crippen LogP contribution in [0.4, 0.5) is 0 Å². The van der Waals surface area contributed by atoms with Crippen LogP contribution in [0.2, 0.25) is 4.44 Å². The van der Waals surface area contributed by atoms with Crippen molar-refractivity contribution in [3.63, 3.8) is 0 Å². The summed E-state index contributed by atoms with van der Waals surface area (Å²) in [6.07, 6.45) is 0.931. The summed E-state index contributed by atoms with van der Waals surface area (Å²) in [5.41, 5.74) is 5.52. The zero-order chi connectivity index (χ0) is 7.11. The van der Waals surface area contributed by atoms with E-state index in [2.05, 4.69) is 6.92 Å². The van der Waals surface area contributed by atoms with Gasteiger partial charge in [0.05, 0.1) is 0 Å². The van der Waals surface area contributed by atoms with Gasteiger partial charge in [0.1, 0.15) is 0 Å². The smallest absolute Gasteiger partial charge is 1.00 e. The monoisotopic (exact) mass is 395 g/mol. The van der Waals surface area contributed by atoms with E-state index in [0.717, 1.165) is 11.0 Å². The van der Waals surface area contributed by atoms with E-state index >= 15 is 0 Å². The molecule has 0 heterocycles. The minimum absolute atomic E-state index is 0. The van der Waals surface area contributed by atoms with Crippen molar-refractivity contribution in [3.05, 3.63) is 0 Å². The van der Waals surface area contributed by atoms with Gasteiger partial charge in [0.15, 0.2) is 0 Å². The zero-order valence-electron chi connectivity index (χ0n) is 6.94. The number of halogens is 2. The average Bonchev–Trinajstić information content (AvgIpc) is 1.89. The van der Waals surface area contributed by atoms with E-state index in [1.54, 1.807) is 0 Å². The summed E-state index contributed by atoms with van der Waals surface area (Å²) in [5.74, 6) is 0. The van der Waals surface area contributed by atoms with Gasteiger partial charge < -0.3 is 34.0 Å². The van der Waals surface area contributed by atoms with Gasteiger partial charge in [0.2, 0.25) is 0 Å². The van der Waals surface area contributed by atoms with Crippen molar-refractivity contribution < 1.29 is 38.7 Å². The molecule has 2 N–H and O–H groups in total. The summed E-state index contributed by atoms with van der Waals surface area (Å²) in [6, 6.07) is 0. The van der Waals surface area contributed by atoms with Crippen LogP contribution >= 0.6 is 0 Å². The van der Waals surface area contributed by atoms with E-state index < -0.39 is 0 Å².